The zero-order valence-corrected chi connectivity index (χ0v) is 9.86. The largest absolute Gasteiger partial charge is 0.382 e. The summed E-state index contributed by atoms with van der Waals surface area (Å²) in [5.74, 6) is 0.471. The maximum Gasteiger partial charge on any atom is 0.193 e. The molecule has 1 fully saturated rings. The number of hydrogen-bond donors (Lipinski definition) is 1. The molecule has 0 heterocycles. The molecule has 1 aromatic rings. The minimum absolute atomic E-state index is 0.215. The van der Waals surface area contributed by atoms with Crippen LogP contribution in [0.25, 0.3) is 0 Å². The van der Waals surface area contributed by atoms with E-state index in [0.29, 0.717) is 11.5 Å². The van der Waals surface area contributed by atoms with E-state index in [1.54, 1.807) is 0 Å². The van der Waals surface area contributed by atoms with Crippen molar-refractivity contribution in [3.05, 3.63) is 35.4 Å². The monoisotopic (exact) mass is 218 g/mol. The van der Waals surface area contributed by atoms with Gasteiger partial charge in [0, 0.05) is 5.56 Å². The first-order valence-corrected chi connectivity index (χ1v) is 5.85. The highest BCUT2D eigenvalue weighted by atomic mass is 16.3. The van der Waals surface area contributed by atoms with E-state index in [1.807, 2.05) is 24.3 Å². The normalized spacial score (nSPS) is 16.9. The predicted molar refractivity (Wildman–Crippen MR) is 63.7 cm³/mol. The summed E-state index contributed by atoms with van der Waals surface area (Å²) in [6, 6.07) is 7.69. The van der Waals surface area contributed by atoms with E-state index in [2.05, 4.69) is 0 Å². The smallest absolute Gasteiger partial charge is 0.193 e. The SMILES string of the molecule is CC(C)(O)C(=O)c1ccc(C2CCC2)cc1. The van der Waals surface area contributed by atoms with Crippen LogP contribution in [0.1, 0.15) is 54.9 Å². The van der Waals surface area contributed by atoms with Crippen LogP contribution in [0, 0.1) is 0 Å². The van der Waals surface area contributed by atoms with E-state index in [1.165, 1.54) is 38.7 Å². The number of carbonyl (C=O) groups is 1. The standard InChI is InChI=1S/C14H18O2/c1-14(2,16)13(15)12-8-6-11(7-9-12)10-4-3-5-10/h6-10,16H,3-5H2,1-2H3. The van der Waals surface area contributed by atoms with Crippen LogP contribution in [0.15, 0.2) is 24.3 Å². The molecule has 1 saturated carbocycles. The first-order valence-electron chi connectivity index (χ1n) is 5.85. The molecule has 0 atom stereocenters. The Balaban J connectivity index is 2.15. The van der Waals surface area contributed by atoms with Gasteiger partial charge in [-0.2, -0.15) is 0 Å². The summed E-state index contributed by atoms with van der Waals surface area (Å²) < 4.78 is 0. The zero-order valence-electron chi connectivity index (χ0n) is 9.86. The Morgan fingerprint density at radius 1 is 1.25 bits per heavy atom. The van der Waals surface area contributed by atoms with Gasteiger partial charge < -0.3 is 5.11 Å². The van der Waals surface area contributed by atoms with Gasteiger partial charge in [0.2, 0.25) is 0 Å². The lowest BCUT2D eigenvalue weighted by molar-refractivity contribution is 0.0488. The van der Waals surface area contributed by atoms with Crippen molar-refractivity contribution in [3.8, 4) is 0 Å². The van der Waals surface area contributed by atoms with Crippen LogP contribution >= 0.6 is 0 Å². The molecule has 0 aromatic heterocycles. The summed E-state index contributed by atoms with van der Waals surface area (Å²) in [5, 5.41) is 9.63. The molecule has 0 saturated heterocycles. The van der Waals surface area contributed by atoms with Gasteiger partial charge in [0.1, 0.15) is 5.60 Å². The van der Waals surface area contributed by atoms with Gasteiger partial charge in [0.05, 0.1) is 0 Å². The van der Waals surface area contributed by atoms with E-state index in [9.17, 15) is 9.90 Å². The molecule has 0 spiro atoms. The van der Waals surface area contributed by atoms with Gasteiger partial charge in [0.25, 0.3) is 0 Å². The van der Waals surface area contributed by atoms with Crippen LogP contribution in [0.5, 0.6) is 0 Å². The molecule has 0 bridgehead atoms. The molecular weight excluding hydrogens is 200 g/mol. The highest BCUT2D eigenvalue weighted by Gasteiger charge is 2.25. The molecule has 1 N–H and O–H groups in total. The number of benzene rings is 1. The van der Waals surface area contributed by atoms with Crippen molar-refractivity contribution in [2.75, 3.05) is 0 Å². The highest BCUT2D eigenvalue weighted by molar-refractivity contribution is 6.01. The topological polar surface area (TPSA) is 37.3 Å². The summed E-state index contributed by atoms with van der Waals surface area (Å²) in [6.45, 7) is 3.05. The average Bonchev–Trinajstić information content (AvgIpc) is 2.14. The van der Waals surface area contributed by atoms with Gasteiger partial charge in [-0.3, -0.25) is 4.79 Å². The summed E-state index contributed by atoms with van der Waals surface area (Å²) in [6.07, 6.45) is 3.84. The van der Waals surface area contributed by atoms with Crippen LogP contribution in [-0.2, 0) is 0 Å². The fraction of sp³-hybridized carbons (Fsp3) is 0.500. The van der Waals surface area contributed by atoms with Crippen molar-refractivity contribution in [2.24, 2.45) is 0 Å². The summed E-state index contributed by atoms with van der Waals surface area (Å²) in [5.41, 5.74) is 0.631. The summed E-state index contributed by atoms with van der Waals surface area (Å²) in [4.78, 5) is 11.8. The van der Waals surface area contributed by atoms with Gasteiger partial charge in [0.15, 0.2) is 5.78 Å². The molecule has 0 unspecified atom stereocenters. The van der Waals surface area contributed by atoms with E-state index in [0.717, 1.165) is 0 Å². The van der Waals surface area contributed by atoms with Crippen molar-refractivity contribution in [1.29, 1.82) is 0 Å². The Labute approximate surface area is 96.3 Å². The van der Waals surface area contributed by atoms with Crippen molar-refractivity contribution in [3.63, 3.8) is 0 Å². The predicted octanol–water partition coefficient (Wildman–Crippen LogP) is 2.91. The third-order valence-corrected chi connectivity index (χ3v) is 3.31. The lowest BCUT2D eigenvalue weighted by Crippen LogP contribution is -2.31. The minimum atomic E-state index is -1.28. The number of rotatable bonds is 3. The Morgan fingerprint density at radius 3 is 2.19 bits per heavy atom. The quantitative estimate of drug-likeness (QED) is 0.792. The molecule has 2 heteroatoms. The van der Waals surface area contributed by atoms with E-state index in [-0.39, 0.29) is 5.78 Å². The molecule has 16 heavy (non-hydrogen) atoms. The first-order chi connectivity index (χ1) is 7.48. The highest BCUT2D eigenvalue weighted by Crippen LogP contribution is 2.36. The molecule has 1 aliphatic rings. The molecular formula is C14H18O2. The molecule has 2 rings (SSSR count). The maximum absolute atomic E-state index is 11.8. The van der Waals surface area contributed by atoms with Crippen molar-refractivity contribution in [2.45, 2.75) is 44.6 Å². The lowest BCUT2D eigenvalue weighted by atomic mass is 9.79. The molecule has 0 radical (unpaired) electrons. The second-order valence-corrected chi connectivity index (χ2v) is 5.14. The Bertz CT molecular complexity index is 380. The lowest BCUT2D eigenvalue weighted by Gasteiger charge is -2.26. The summed E-state index contributed by atoms with van der Waals surface area (Å²) in [7, 11) is 0. The van der Waals surface area contributed by atoms with Crippen LogP contribution in [-0.4, -0.2) is 16.5 Å². The van der Waals surface area contributed by atoms with Gasteiger partial charge in [-0.25, -0.2) is 0 Å². The summed E-state index contributed by atoms with van der Waals surface area (Å²) >= 11 is 0. The molecule has 86 valence electrons. The van der Waals surface area contributed by atoms with Crippen molar-refractivity contribution >= 4 is 5.78 Å². The van der Waals surface area contributed by atoms with Crippen LogP contribution in [0.4, 0.5) is 0 Å². The van der Waals surface area contributed by atoms with Crippen molar-refractivity contribution in [1.82, 2.24) is 0 Å². The van der Waals surface area contributed by atoms with E-state index in [4.69, 9.17) is 0 Å². The zero-order chi connectivity index (χ0) is 11.8. The first kappa shape index (κ1) is 11.3. The molecule has 0 aliphatic heterocycles. The molecule has 2 nitrogen and oxygen atoms in total. The van der Waals surface area contributed by atoms with Gasteiger partial charge in [-0.1, -0.05) is 30.7 Å². The third-order valence-electron chi connectivity index (χ3n) is 3.31. The molecule has 1 aliphatic carbocycles. The second kappa shape index (κ2) is 4.02. The Morgan fingerprint density at radius 2 is 1.81 bits per heavy atom. The Hall–Kier alpha value is -1.15. The average molecular weight is 218 g/mol. The van der Waals surface area contributed by atoms with E-state index < -0.39 is 5.60 Å². The minimum Gasteiger partial charge on any atom is -0.382 e. The number of ketones is 1. The number of aliphatic hydroxyl groups is 1. The van der Waals surface area contributed by atoms with Gasteiger partial charge in [-0.15, -0.1) is 0 Å². The van der Waals surface area contributed by atoms with Gasteiger partial charge in [-0.05, 0) is 38.2 Å². The van der Waals surface area contributed by atoms with Gasteiger partial charge >= 0.3 is 0 Å². The number of Topliss-reactive ketones (excluding diaryl/α,β-unsaturated/α-hetero) is 1. The fourth-order valence-electron chi connectivity index (χ4n) is 2.00. The fourth-order valence-corrected chi connectivity index (χ4v) is 2.00. The molecule has 1 aromatic carbocycles. The van der Waals surface area contributed by atoms with Crippen molar-refractivity contribution < 1.29 is 9.90 Å². The van der Waals surface area contributed by atoms with E-state index >= 15 is 0 Å². The number of hydrogen-bond acceptors (Lipinski definition) is 2. The third kappa shape index (κ3) is 2.17. The number of carbonyl (C=O) groups excluding carboxylic acids is 1. The van der Waals surface area contributed by atoms with Crippen LogP contribution < -0.4 is 0 Å². The van der Waals surface area contributed by atoms with Crippen LogP contribution in [0.3, 0.4) is 0 Å². The molecule has 0 amide bonds. The second-order valence-electron chi connectivity index (χ2n) is 5.14. The van der Waals surface area contributed by atoms with Crippen LogP contribution in [0.2, 0.25) is 0 Å². The Kier molecular flexibility index (Phi) is 2.85. The maximum atomic E-state index is 11.8.